The Hall–Kier alpha value is -1.77. The number of nitrogens with zero attached hydrogens (tertiary/aromatic N) is 1. The number of alkyl halides is 2. The lowest BCUT2D eigenvalue weighted by Gasteiger charge is -2.31. The van der Waals surface area contributed by atoms with Gasteiger partial charge in [-0.15, -0.1) is 0 Å². The van der Waals surface area contributed by atoms with Crippen LogP contribution in [0.25, 0.3) is 0 Å². The third-order valence-electron chi connectivity index (χ3n) is 5.66. The van der Waals surface area contributed by atoms with Gasteiger partial charge in [0.25, 0.3) is 5.92 Å². The van der Waals surface area contributed by atoms with Gasteiger partial charge in [0.1, 0.15) is 0 Å². The summed E-state index contributed by atoms with van der Waals surface area (Å²) in [4.78, 5) is 4.23. The van der Waals surface area contributed by atoms with Crippen molar-refractivity contribution in [1.82, 2.24) is 0 Å². The molecule has 1 aromatic carbocycles. The maximum absolute atomic E-state index is 14.9. The topological polar surface area (TPSA) is 12.4 Å². The van der Waals surface area contributed by atoms with E-state index >= 15 is 0 Å². The van der Waals surface area contributed by atoms with E-state index in [4.69, 9.17) is 0 Å². The molecule has 0 N–H and O–H groups in total. The van der Waals surface area contributed by atoms with Crippen LogP contribution in [0.15, 0.2) is 52.7 Å². The van der Waals surface area contributed by atoms with Gasteiger partial charge in [-0.05, 0) is 66.4 Å². The molecule has 120 valence electrons. The predicted octanol–water partition coefficient (Wildman–Crippen LogP) is 5.43. The lowest BCUT2D eigenvalue weighted by Crippen LogP contribution is -2.23. The summed E-state index contributed by atoms with van der Waals surface area (Å²) in [6, 6.07) is 7.62. The summed E-state index contributed by atoms with van der Waals surface area (Å²) in [5.74, 6) is -3.06. The Morgan fingerprint density at radius 2 is 1.91 bits per heavy atom. The van der Waals surface area contributed by atoms with Gasteiger partial charge in [-0.25, -0.2) is 8.78 Å². The highest BCUT2D eigenvalue weighted by atomic mass is 19.3. The molecule has 1 saturated carbocycles. The van der Waals surface area contributed by atoms with E-state index in [1.165, 1.54) is 0 Å². The molecule has 0 spiro atoms. The summed E-state index contributed by atoms with van der Waals surface area (Å²) < 4.78 is 29.9. The summed E-state index contributed by atoms with van der Waals surface area (Å²) >= 11 is 0. The average molecular weight is 313 g/mol. The quantitative estimate of drug-likeness (QED) is 0.655. The molecule has 0 radical (unpaired) electrons. The maximum atomic E-state index is 14.9. The van der Waals surface area contributed by atoms with E-state index < -0.39 is 11.8 Å². The van der Waals surface area contributed by atoms with Crippen LogP contribution in [-0.2, 0) is 0 Å². The standard InChI is InChI=1S/C20H21F2N/c1-13-4-2-3-5-16(13)19-18-15(12-20(19,21)22)7-6-14-8-10-23-11-9-17(14)18/h2-5,9-11,14-15,19H,6-8,12H2,1H3. The number of benzene rings is 1. The van der Waals surface area contributed by atoms with Crippen molar-refractivity contribution in [3.8, 4) is 0 Å². The van der Waals surface area contributed by atoms with Gasteiger partial charge < -0.3 is 0 Å². The van der Waals surface area contributed by atoms with E-state index in [9.17, 15) is 8.78 Å². The van der Waals surface area contributed by atoms with Crippen LogP contribution in [0.4, 0.5) is 8.78 Å². The second kappa shape index (κ2) is 5.40. The fraction of sp³-hybridized carbons (Fsp3) is 0.450. The Labute approximate surface area is 135 Å². The summed E-state index contributed by atoms with van der Waals surface area (Å²) in [6.07, 6.45) is 8.42. The molecule has 0 aromatic heterocycles. The van der Waals surface area contributed by atoms with E-state index in [0.29, 0.717) is 5.92 Å². The summed E-state index contributed by atoms with van der Waals surface area (Å²) in [5, 5.41) is 0. The SMILES string of the molecule is Cc1ccccc1C1C2=C3C=CN=CCC3CCC2CC1(F)F. The Morgan fingerprint density at radius 1 is 1.13 bits per heavy atom. The molecule has 2 aliphatic carbocycles. The number of hydrogen-bond donors (Lipinski definition) is 0. The van der Waals surface area contributed by atoms with Gasteiger partial charge in [0.2, 0.25) is 0 Å². The highest BCUT2D eigenvalue weighted by Crippen LogP contribution is 2.59. The van der Waals surface area contributed by atoms with Crippen LogP contribution < -0.4 is 0 Å². The van der Waals surface area contributed by atoms with Crippen molar-refractivity contribution in [2.45, 2.75) is 44.4 Å². The third kappa shape index (κ3) is 2.37. The van der Waals surface area contributed by atoms with E-state index in [1.54, 1.807) is 6.20 Å². The monoisotopic (exact) mass is 313 g/mol. The lowest BCUT2D eigenvalue weighted by molar-refractivity contribution is -0.00956. The summed E-state index contributed by atoms with van der Waals surface area (Å²) in [6.45, 7) is 1.94. The van der Waals surface area contributed by atoms with E-state index in [1.807, 2.05) is 43.5 Å². The predicted molar refractivity (Wildman–Crippen MR) is 89.0 cm³/mol. The summed E-state index contributed by atoms with van der Waals surface area (Å²) in [5.41, 5.74) is 3.87. The first-order valence-electron chi connectivity index (χ1n) is 8.43. The van der Waals surface area contributed by atoms with Crippen molar-refractivity contribution in [2.75, 3.05) is 0 Å². The average Bonchev–Trinajstić information content (AvgIpc) is 2.67. The molecular formula is C20H21F2N. The first-order valence-corrected chi connectivity index (χ1v) is 8.43. The smallest absolute Gasteiger partial charge is 0.259 e. The number of aliphatic imine (C=N–C) groups is 1. The van der Waals surface area contributed by atoms with Gasteiger partial charge in [-0.1, -0.05) is 24.3 Å². The first-order chi connectivity index (χ1) is 11.1. The minimum atomic E-state index is -2.66. The second-order valence-corrected chi connectivity index (χ2v) is 7.02. The molecule has 1 fully saturated rings. The Kier molecular flexibility index (Phi) is 3.47. The number of aryl methyl sites for hydroxylation is 1. The highest BCUT2D eigenvalue weighted by Gasteiger charge is 2.55. The molecule has 0 amide bonds. The molecule has 1 aliphatic heterocycles. The number of halogens is 2. The van der Waals surface area contributed by atoms with Crippen LogP contribution in [0, 0.1) is 18.8 Å². The largest absolute Gasteiger partial charge is 0.269 e. The van der Waals surface area contributed by atoms with E-state index in [0.717, 1.165) is 41.5 Å². The molecule has 3 heteroatoms. The Morgan fingerprint density at radius 3 is 2.74 bits per heavy atom. The van der Waals surface area contributed by atoms with Crippen LogP contribution >= 0.6 is 0 Å². The molecule has 0 bridgehead atoms. The summed E-state index contributed by atoms with van der Waals surface area (Å²) in [7, 11) is 0. The normalized spacial score (nSPS) is 31.7. The van der Waals surface area contributed by atoms with Gasteiger partial charge in [0.15, 0.2) is 0 Å². The molecule has 0 saturated heterocycles. The minimum absolute atomic E-state index is 0.00769. The molecule has 3 aliphatic rings. The van der Waals surface area contributed by atoms with E-state index in [-0.39, 0.29) is 12.3 Å². The van der Waals surface area contributed by atoms with Crippen molar-refractivity contribution in [3.63, 3.8) is 0 Å². The van der Waals surface area contributed by atoms with Crippen molar-refractivity contribution < 1.29 is 8.78 Å². The number of rotatable bonds is 1. The fourth-order valence-corrected chi connectivity index (χ4v) is 4.63. The molecule has 4 rings (SSSR count). The number of hydrogen-bond acceptors (Lipinski definition) is 1. The third-order valence-corrected chi connectivity index (χ3v) is 5.66. The zero-order valence-electron chi connectivity index (χ0n) is 13.3. The zero-order valence-corrected chi connectivity index (χ0v) is 13.3. The maximum Gasteiger partial charge on any atom is 0.259 e. The van der Waals surface area contributed by atoms with Crippen LogP contribution in [0.2, 0.25) is 0 Å². The van der Waals surface area contributed by atoms with Crippen molar-refractivity contribution >= 4 is 6.21 Å². The highest BCUT2D eigenvalue weighted by molar-refractivity contribution is 5.62. The van der Waals surface area contributed by atoms with Crippen molar-refractivity contribution in [3.05, 3.63) is 58.8 Å². The van der Waals surface area contributed by atoms with Crippen LogP contribution in [0.5, 0.6) is 0 Å². The first kappa shape index (κ1) is 14.8. The second-order valence-electron chi connectivity index (χ2n) is 7.02. The number of fused-ring (bicyclic) bond motifs is 2. The molecule has 1 nitrogen and oxygen atoms in total. The Balaban J connectivity index is 1.90. The Bertz CT molecular complexity index is 714. The fourth-order valence-electron chi connectivity index (χ4n) is 4.63. The van der Waals surface area contributed by atoms with Gasteiger partial charge >= 0.3 is 0 Å². The molecule has 1 aromatic rings. The van der Waals surface area contributed by atoms with Crippen molar-refractivity contribution in [1.29, 1.82) is 0 Å². The molecule has 3 atom stereocenters. The number of allylic oxidation sites excluding steroid dienone is 3. The van der Waals surface area contributed by atoms with Gasteiger partial charge in [0, 0.05) is 18.8 Å². The van der Waals surface area contributed by atoms with Crippen LogP contribution in [0.3, 0.4) is 0 Å². The van der Waals surface area contributed by atoms with Crippen molar-refractivity contribution in [2.24, 2.45) is 16.8 Å². The van der Waals surface area contributed by atoms with Gasteiger partial charge in [0.05, 0.1) is 5.92 Å². The van der Waals surface area contributed by atoms with E-state index in [2.05, 4.69) is 4.99 Å². The van der Waals surface area contributed by atoms with Gasteiger partial charge in [-0.3, -0.25) is 4.99 Å². The molecular weight excluding hydrogens is 292 g/mol. The zero-order chi connectivity index (χ0) is 16.0. The molecule has 3 unspecified atom stereocenters. The van der Waals surface area contributed by atoms with Crippen LogP contribution in [-0.4, -0.2) is 12.1 Å². The minimum Gasteiger partial charge on any atom is -0.269 e. The lowest BCUT2D eigenvalue weighted by atomic mass is 9.73. The molecule has 1 heterocycles. The molecule has 23 heavy (non-hydrogen) atoms. The van der Waals surface area contributed by atoms with Gasteiger partial charge in [-0.2, -0.15) is 0 Å². The van der Waals surface area contributed by atoms with Crippen LogP contribution in [0.1, 0.15) is 42.7 Å².